The van der Waals surface area contributed by atoms with Crippen LogP contribution < -0.4 is 0 Å². The maximum atomic E-state index is 12.9. The fourth-order valence-corrected chi connectivity index (χ4v) is 10.5. The van der Waals surface area contributed by atoms with Crippen LogP contribution in [0, 0.1) is 0 Å². The fraction of sp³-hybridized carbons (Fsp3) is 0.824. The Morgan fingerprint density at radius 2 is 0.487 bits per heavy atom. The number of carbonyl (C=O) groups excluding carboxylic acids is 3. The molecule has 0 saturated heterocycles. The Morgan fingerprint density at radius 3 is 0.762 bits per heavy atom. The van der Waals surface area contributed by atoms with Gasteiger partial charge >= 0.3 is 17.9 Å². The van der Waals surface area contributed by atoms with Crippen molar-refractivity contribution < 1.29 is 28.6 Å². The molecular weight excluding hydrogens is 985 g/mol. The van der Waals surface area contributed by atoms with E-state index in [0.29, 0.717) is 19.3 Å². The van der Waals surface area contributed by atoms with Gasteiger partial charge in [0.2, 0.25) is 0 Å². The zero-order chi connectivity index (χ0) is 57.8. The first-order valence-corrected chi connectivity index (χ1v) is 35.3. The second kappa shape index (κ2) is 68.6. The molecule has 6 nitrogen and oxygen atoms in total. The Kier molecular flexibility index (Phi) is 66.1. The molecule has 0 aromatic carbocycles. The number of carbonyl (C=O) groups is 3. The van der Waals surface area contributed by atoms with E-state index < -0.39 is 6.10 Å². The van der Waals surface area contributed by atoms with Crippen LogP contribution in [0.3, 0.4) is 0 Å². The molecule has 0 rings (SSSR count). The molecule has 6 heteroatoms. The molecule has 0 aliphatic rings. The van der Waals surface area contributed by atoms with Gasteiger partial charge in [0.15, 0.2) is 6.10 Å². The lowest BCUT2D eigenvalue weighted by Crippen LogP contribution is -2.30. The lowest BCUT2D eigenvalue weighted by Gasteiger charge is -2.18. The number of esters is 3. The highest BCUT2D eigenvalue weighted by Gasteiger charge is 2.19. The molecule has 0 heterocycles. The van der Waals surface area contributed by atoms with Crippen molar-refractivity contribution in [3.63, 3.8) is 0 Å². The summed E-state index contributed by atoms with van der Waals surface area (Å²) >= 11 is 0. The van der Waals surface area contributed by atoms with E-state index >= 15 is 0 Å². The number of allylic oxidation sites excluding steroid dienone is 10. The summed E-state index contributed by atoms with van der Waals surface area (Å²) in [6.07, 6.45) is 88.4. The topological polar surface area (TPSA) is 78.9 Å². The smallest absolute Gasteiger partial charge is 0.306 e. The van der Waals surface area contributed by atoms with Gasteiger partial charge in [-0.15, -0.1) is 0 Å². The predicted octanol–water partition coefficient (Wildman–Crippen LogP) is 24.3. The van der Waals surface area contributed by atoms with Crippen molar-refractivity contribution >= 4 is 17.9 Å². The molecular formula is C74H134O6. The highest BCUT2D eigenvalue weighted by atomic mass is 16.6. The first kappa shape index (κ1) is 77.1. The van der Waals surface area contributed by atoms with E-state index in [1.807, 2.05) is 0 Å². The minimum atomic E-state index is -0.796. The van der Waals surface area contributed by atoms with Crippen molar-refractivity contribution in [3.05, 3.63) is 60.8 Å². The largest absolute Gasteiger partial charge is 0.462 e. The van der Waals surface area contributed by atoms with Crippen molar-refractivity contribution in [2.24, 2.45) is 0 Å². The lowest BCUT2D eigenvalue weighted by molar-refractivity contribution is -0.167. The molecule has 80 heavy (non-hydrogen) atoms. The number of hydrogen-bond donors (Lipinski definition) is 0. The van der Waals surface area contributed by atoms with Gasteiger partial charge in [-0.1, -0.05) is 358 Å². The van der Waals surface area contributed by atoms with Crippen LogP contribution in [0.2, 0.25) is 0 Å². The normalized spacial score (nSPS) is 12.4. The van der Waals surface area contributed by atoms with Crippen LogP contribution in [0.15, 0.2) is 60.8 Å². The maximum absolute atomic E-state index is 12.9. The molecule has 0 spiro atoms. The summed E-state index contributed by atoms with van der Waals surface area (Å²) in [5.41, 5.74) is 0. The van der Waals surface area contributed by atoms with E-state index in [9.17, 15) is 14.4 Å². The molecule has 0 amide bonds. The Morgan fingerprint density at radius 1 is 0.263 bits per heavy atom. The average Bonchev–Trinajstić information content (AvgIpc) is 3.46. The zero-order valence-electron chi connectivity index (χ0n) is 53.6. The van der Waals surface area contributed by atoms with Gasteiger partial charge in [0.25, 0.3) is 0 Å². The summed E-state index contributed by atoms with van der Waals surface area (Å²) in [6.45, 7) is 6.55. The van der Waals surface area contributed by atoms with E-state index in [2.05, 4.69) is 81.5 Å². The monoisotopic (exact) mass is 1120 g/mol. The predicted molar refractivity (Wildman–Crippen MR) is 348 cm³/mol. The second-order valence-corrected chi connectivity index (χ2v) is 23.8. The van der Waals surface area contributed by atoms with Crippen LogP contribution in [0.5, 0.6) is 0 Å². The quantitative estimate of drug-likeness (QED) is 0.0261. The second-order valence-electron chi connectivity index (χ2n) is 23.8. The third kappa shape index (κ3) is 65.9. The first-order valence-electron chi connectivity index (χ1n) is 35.3. The Hall–Kier alpha value is -2.89. The number of rotatable bonds is 65. The van der Waals surface area contributed by atoms with Crippen LogP contribution in [0.25, 0.3) is 0 Å². The summed E-state index contributed by atoms with van der Waals surface area (Å²) in [5.74, 6) is -0.922. The van der Waals surface area contributed by atoms with Gasteiger partial charge in [0.05, 0.1) is 0 Å². The first-order chi connectivity index (χ1) is 39.5. The molecule has 1 atom stereocenters. The van der Waals surface area contributed by atoms with Crippen molar-refractivity contribution in [1.82, 2.24) is 0 Å². The van der Waals surface area contributed by atoms with Gasteiger partial charge < -0.3 is 14.2 Å². The Labute approximate surface area is 498 Å². The van der Waals surface area contributed by atoms with Crippen molar-refractivity contribution in [1.29, 1.82) is 0 Å². The van der Waals surface area contributed by atoms with Crippen molar-refractivity contribution in [3.8, 4) is 0 Å². The molecule has 0 aliphatic carbocycles. The minimum Gasteiger partial charge on any atom is -0.462 e. The maximum Gasteiger partial charge on any atom is 0.306 e. The summed E-state index contributed by atoms with van der Waals surface area (Å²) < 4.78 is 16.9. The summed E-state index contributed by atoms with van der Waals surface area (Å²) in [4.78, 5) is 38.4. The van der Waals surface area contributed by atoms with Gasteiger partial charge in [-0.3, -0.25) is 14.4 Å². The van der Waals surface area contributed by atoms with Crippen LogP contribution in [0.1, 0.15) is 374 Å². The third-order valence-corrected chi connectivity index (χ3v) is 15.8. The van der Waals surface area contributed by atoms with E-state index in [-0.39, 0.29) is 37.5 Å². The molecule has 0 radical (unpaired) electrons. The van der Waals surface area contributed by atoms with E-state index in [1.54, 1.807) is 0 Å². The molecule has 466 valence electrons. The van der Waals surface area contributed by atoms with Gasteiger partial charge in [-0.05, 0) is 57.8 Å². The Bertz CT molecular complexity index is 1430. The van der Waals surface area contributed by atoms with Gasteiger partial charge in [0, 0.05) is 19.3 Å². The van der Waals surface area contributed by atoms with Crippen LogP contribution in [-0.4, -0.2) is 37.2 Å². The lowest BCUT2D eigenvalue weighted by atomic mass is 10.0. The standard InChI is InChI=1S/C74H134O6/c1-4-7-10-13-16-19-22-25-28-31-33-34-35-36-37-38-39-40-41-44-46-49-52-55-58-61-64-67-73(76)79-70-71(69-78-72(75)66-63-60-57-54-51-48-45-42-30-27-24-21-18-15-12-9-6-3)80-74(77)68-65-62-59-56-53-50-47-43-32-29-26-23-20-17-14-11-8-5-2/h9,12,18,21,27,30,45,48,54,57,71H,4-8,10-11,13-17,19-20,22-26,28-29,31-44,46-47,49-53,55-56,58-70H2,1-3H3/b12-9-,21-18-,30-27-,48-45-,57-54-. The highest BCUT2D eigenvalue weighted by Crippen LogP contribution is 2.19. The SMILES string of the molecule is CC/C=C\C/C=C\C/C=C\C/C=C\C/C=C\CCCC(=O)OCC(COC(=O)CCCCCCCCCCCCCCCCCCCCCCCCCCCCC)OC(=O)CCCCCCCCCCCCCCCCCCCC. The average molecular weight is 1120 g/mol. The minimum absolute atomic E-state index is 0.0868. The zero-order valence-corrected chi connectivity index (χ0v) is 53.6. The summed E-state index contributed by atoms with van der Waals surface area (Å²) in [6, 6.07) is 0. The molecule has 0 saturated carbocycles. The van der Waals surface area contributed by atoms with Crippen LogP contribution in [-0.2, 0) is 28.6 Å². The van der Waals surface area contributed by atoms with Crippen molar-refractivity contribution in [2.75, 3.05) is 13.2 Å². The fourth-order valence-electron chi connectivity index (χ4n) is 10.5. The van der Waals surface area contributed by atoms with Crippen molar-refractivity contribution in [2.45, 2.75) is 380 Å². The van der Waals surface area contributed by atoms with Crippen LogP contribution >= 0.6 is 0 Å². The number of hydrogen-bond acceptors (Lipinski definition) is 6. The highest BCUT2D eigenvalue weighted by molar-refractivity contribution is 5.71. The number of ether oxygens (including phenoxy) is 3. The third-order valence-electron chi connectivity index (χ3n) is 15.8. The molecule has 0 fully saturated rings. The van der Waals surface area contributed by atoms with Gasteiger partial charge in [-0.2, -0.15) is 0 Å². The molecule has 1 unspecified atom stereocenters. The number of unbranched alkanes of at least 4 members (excludes halogenated alkanes) is 44. The molecule has 0 aromatic rings. The molecule has 0 aromatic heterocycles. The summed E-state index contributed by atoms with van der Waals surface area (Å²) in [5, 5.41) is 0. The van der Waals surface area contributed by atoms with E-state index in [0.717, 1.165) is 77.0 Å². The van der Waals surface area contributed by atoms with Gasteiger partial charge in [-0.25, -0.2) is 0 Å². The molecule has 0 bridgehead atoms. The molecule has 0 N–H and O–H groups in total. The molecule has 0 aliphatic heterocycles. The van der Waals surface area contributed by atoms with Gasteiger partial charge in [0.1, 0.15) is 13.2 Å². The van der Waals surface area contributed by atoms with E-state index in [1.165, 1.54) is 250 Å². The van der Waals surface area contributed by atoms with Crippen LogP contribution in [0.4, 0.5) is 0 Å². The summed E-state index contributed by atoms with van der Waals surface area (Å²) in [7, 11) is 0. The van der Waals surface area contributed by atoms with E-state index in [4.69, 9.17) is 14.2 Å². The Balaban J connectivity index is 4.30.